The van der Waals surface area contributed by atoms with Gasteiger partial charge in [0.1, 0.15) is 29.2 Å². The molecule has 0 radical (unpaired) electrons. The van der Waals surface area contributed by atoms with E-state index in [0.29, 0.717) is 72.9 Å². The van der Waals surface area contributed by atoms with E-state index in [-0.39, 0.29) is 23.5 Å². The summed E-state index contributed by atoms with van der Waals surface area (Å²) in [7, 11) is 5.47. The number of nitrogen functional groups attached to an aromatic ring is 1. The maximum atomic E-state index is 12.1. The molecule has 47 heavy (non-hydrogen) atoms. The highest BCUT2D eigenvalue weighted by molar-refractivity contribution is 7.16. The van der Waals surface area contributed by atoms with E-state index in [0.717, 1.165) is 67.8 Å². The lowest BCUT2D eigenvalue weighted by molar-refractivity contribution is 0.192. The fourth-order valence-corrected chi connectivity index (χ4v) is 8.26. The predicted molar refractivity (Wildman–Crippen MR) is 187 cm³/mol. The van der Waals surface area contributed by atoms with Gasteiger partial charge in [-0.2, -0.15) is 10.2 Å². The van der Waals surface area contributed by atoms with Gasteiger partial charge in [0.05, 0.1) is 12.2 Å². The van der Waals surface area contributed by atoms with E-state index in [1.54, 1.807) is 14.2 Å². The SMILES string of the molecule is C=C1N(CCCOC)c2nc(/C(O)=C(\CCC)C(N)C3CCCc4sc(N)c(C#N)c43)nc(OC[C@@H]3CCCN3C)c2N1CCOC. The highest BCUT2D eigenvalue weighted by Crippen LogP contribution is 2.47. The van der Waals surface area contributed by atoms with Crippen molar-refractivity contribution in [2.75, 3.05) is 76.3 Å². The lowest BCUT2D eigenvalue weighted by Gasteiger charge is -2.30. The summed E-state index contributed by atoms with van der Waals surface area (Å²) in [5, 5.41) is 22.6. The van der Waals surface area contributed by atoms with Gasteiger partial charge in [0.25, 0.3) is 0 Å². The number of likely N-dealkylation sites (N-methyl/N-ethyl adjacent to an activating group) is 1. The average molecular weight is 667 g/mol. The van der Waals surface area contributed by atoms with Crippen molar-refractivity contribution >= 4 is 33.6 Å². The van der Waals surface area contributed by atoms with Crippen LogP contribution in [-0.4, -0.2) is 92.8 Å². The molecule has 2 unspecified atom stereocenters. The van der Waals surface area contributed by atoms with Crippen molar-refractivity contribution in [2.45, 2.75) is 76.3 Å². The molecule has 0 spiro atoms. The minimum Gasteiger partial charge on any atom is -0.504 e. The molecule has 0 amide bonds. The molecule has 13 heteroatoms. The lowest BCUT2D eigenvalue weighted by Crippen LogP contribution is -2.34. The Morgan fingerprint density at radius 3 is 2.64 bits per heavy atom. The van der Waals surface area contributed by atoms with Gasteiger partial charge in [0.15, 0.2) is 17.4 Å². The molecule has 4 heterocycles. The van der Waals surface area contributed by atoms with E-state index < -0.39 is 6.04 Å². The minimum absolute atomic E-state index is 0.0448. The highest BCUT2D eigenvalue weighted by atomic mass is 32.1. The summed E-state index contributed by atoms with van der Waals surface area (Å²) in [4.78, 5) is 17.4. The van der Waals surface area contributed by atoms with E-state index in [1.165, 1.54) is 11.3 Å². The normalized spacial score (nSPS) is 20.6. The number of ether oxygens (including phenoxy) is 3. The molecule has 2 aromatic rings. The van der Waals surface area contributed by atoms with Gasteiger partial charge in [0, 0.05) is 56.8 Å². The second kappa shape index (κ2) is 15.7. The van der Waals surface area contributed by atoms with Crippen LogP contribution in [0.4, 0.5) is 16.5 Å². The maximum absolute atomic E-state index is 12.1. The number of likely N-dealkylation sites (tertiary alicyclic amines) is 1. The molecule has 1 fully saturated rings. The Hall–Kier alpha value is -3.41. The first-order valence-electron chi connectivity index (χ1n) is 16.7. The van der Waals surface area contributed by atoms with Crippen LogP contribution in [0, 0.1) is 11.3 Å². The highest BCUT2D eigenvalue weighted by Gasteiger charge is 2.38. The van der Waals surface area contributed by atoms with Crippen molar-refractivity contribution in [1.82, 2.24) is 14.9 Å². The average Bonchev–Trinajstić information content (AvgIpc) is 3.72. The molecule has 3 atom stereocenters. The minimum atomic E-state index is -0.547. The number of anilines is 3. The van der Waals surface area contributed by atoms with Gasteiger partial charge in [-0.3, -0.25) is 0 Å². The number of thiophene rings is 1. The zero-order valence-electron chi connectivity index (χ0n) is 28.3. The van der Waals surface area contributed by atoms with E-state index >= 15 is 0 Å². The molecule has 1 aliphatic carbocycles. The number of hydrogen-bond donors (Lipinski definition) is 3. The largest absolute Gasteiger partial charge is 0.504 e. The summed E-state index contributed by atoms with van der Waals surface area (Å²) in [6, 6.07) is 2.03. The van der Waals surface area contributed by atoms with Gasteiger partial charge in [-0.15, -0.1) is 11.3 Å². The molecule has 5 rings (SSSR count). The number of hydrogen-bond acceptors (Lipinski definition) is 13. The van der Waals surface area contributed by atoms with Gasteiger partial charge in [-0.25, -0.2) is 4.98 Å². The number of aromatic nitrogens is 2. The Morgan fingerprint density at radius 1 is 1.17 bits per heavy atom. The molecule has 2 aliphatic heterocycles. The zero-order chi connectivity index (χ0) is 33.7. The van der Waals surface area contributed by atoms with Crippen molar-refractivity contribution in [1.29, 1.82) is 5.26 Å². The molecule has 12 nitrogen and oxygen atoms in total. The number of aliphatic hydroxyl groups is 1. The first kappa shape index (κ1) is 34.9. The standard InChI is InChI=1S/C34H50N8O4S/c1-6-10-24(28(36)23-12-7-13-26-27(23)25(19-35)31(37)47-26)30(43)32-38-33-29(34(39-32)46-20-22-11-8-14-40(22)3)41(16-18-45-5)21(2)42(33)15-9-17-44-4/h22-23,28,43H,2,6-18,20,36-37H2,1,3-5H3/b30-24-/t22-,23?,28?/m0/s1. The number of nitriles is 1. The van der Waals surface area contributed by atoms with Crippen LogP contribution in [0.5, 0.6) is 5.88 Å². The van der Waals surface area contributed by atoms with Crippen molar-refractivity contribution in [3.8, 4) is 11.9 Å². The van der Waals surface area contributed by atoms with Crippen LogP contribution in [-0.2, 0) is 15.9 Å². The van der Waals surface area contributed by atoms with E-state index in [9.17, 15) is 10.4 Å². The third-order valence-electron chi connectivity index (χ3n) is 9.64. The number of rotatable bonds is 15. The number of fused-ring (bicyclic) bond motifs is 2. The van der Waals surface area contributed by atoms with Gasteiger partial charge in [-0.1, -0.05) is 19.9 Å². The summed E-state index contributed by atoms with van der Waals surface area (Å²) in [5.41, 5.74) is 16.2. The Bertz CT molecular complexity index is 1500. The summed E-state index contributed by atoms with van der Waals surface area (Å²) in [6.45, 7) is 10.2. The van der Waals surface area contributed by atoms with Crippen LogP contribution in [0.2, 0.25) is 0 Å². The fourth-order valence-electron chi connectivity index (χ4n) is 7.13. The Kier molecular flexibility index (Phi) is 11.6. The van der Waals surface area contributed by atoms with Crippen LogP contribution in [0.3, 0.4) is 0 Å². The van der Waals surface area contributed by atoms with Crippen molar-refractivity contribution < 1.29 is 19.3 Å². The number of methoxy groups -OCH3 is 2. The van der Waals surface area contributed by atoms with Crippen LogP contribution >= 0.6 is 11.3 Å². The topological polar surface area (TPSA) is 159 Å². The predicted octanol–water partition coefficient (Wildman–Crippen LogP) is 4.76. The summed E-state index contributed by atoms with van der Waals surface area (Å²) in [5.74, 6) is 1.72. The van der Waals surface area contributed by atoms with Crippen molar-refractivity contribution in [3.63, 3.8) is 0 Å². The van der Waals surface area contributed by atoms with Gasteiger partial charge >= 0.3 is 0 Å². The second-order valence-electron chi connectivity index (χ2n) is 12.6. The van der Waals surface area contributed by atoms with E-state index in [4.69, 9.17) is 35.6 Å². The first-order valence-corrected chi connectivity index (χ1v) is 17.5. The number of aliphatic hydroxyl groups excluding tert-OH is 1. The number of nitrogens with two attached hydrogens (primary N) is 2. The third kappa shape index (κ3) is 7.07. The monoisotopic (exact) mass is 666 g/mol. The summed E-state index contributed by atoms with van der Waals surface area (Å²) >= 11 is 1.48. The quantitative estimate of drug-likeness (QED) is 0.177. The molecule has 0 bridgehead atoms. The fraction of sp³-hybridized carbons (Fsp3) is 0.618. The molecule has 1 saturated heterocycles. The Labute approximate surface area is 282 Å². The summed E-state index contributed by atoms with van der Waals surface area (Å²) in [6.07, 6.45) is 6.84. The molecular formula is C34H50N8O4S. The molecular weight excluding hydrogens is 616 g/mol. The smallest absolute Gasteiger partial charge is 0.244 e. The molecule has 0 saturated carbocycles. The molecule has 5 N–H and O–H groups in total. The Balaban J connectivity index is 1.61. The third-order valence-corrected chi connectivity index (χ3v) is 10.7. The molecule has 2 aromatic heterocycles. The molecule has 256 valence electrons. The summed E-state index contributed by atoms with van der Waals surface area (Å²) < 4.78 is 17.3. The van der Waals surface area contributed by atoms with Gasteiger partial charge in [-0.05, 0) is 69.7 Å². The zero-order valence-corrected chi connectivity index (χ0v) is 29.1. The van der Waals surface area contributed by atoms with Crippen LogP contribution in [0.1, 0.15) is 79.6 Å². The van der Waals surface area contributed by atoms with Crippen LogP contribution in [0.15, 0.2) is 18.0 Å². The van der Waals surface area contributed by atoms with Crippen LogP contribution in [0.25, 0.3) is 5.76 Å². The Morgan fingerprint density at radius 2 is 1.96 bits per heavy atom. The van der Waals surface area contributed by atoms with Gasteiger partial charge in [0.2, 0.25) is 5.88 Å². The van der Waals surface area contributed by atoms with Crippen molar-refractivity contribution in [2.24, 2.45) is 5.73 Å². The van der Waals surface area contributed by atoms with E-state index in [2.05, 4.69) is 31.5 Å². The van der Waals surface area contributed by atoms with Crippen LogP contribution < -0.4 is 26.0 Å². The lowest BCUT2D eigenvalue weighted by atomic mass is 9.77. The first-order chi connectivity index (χ1) is 22.7. The van der Waals surface area contributed by atoms with Crippen molar-refractivity contribution in [3.05, 3.63) is 39.8 Å². The van der Waals surface area contributed by atoms with E-state index in [1.807, 2.05) is 9.80 Å². The number of aryl methyl sites for hydroxylation is 1. The second-order valence-corrected chi connectivity index (χ2v) is 13.7. The molecule has 3 aliphatic rings. The maximum Gasteiger partial charge on any atom is 0.244 e. The number of nitrogens with zero attached hydrogens (tertiary/aromatic N) is 6. The van der Waals surface area contributed by atoms with Gasteiger partial charge < -0.3 is 45.5 Å². The molecule has 0 aromatic carbocycles.